The summed E-state index contributed by atoms with van der Waals surface area (Å²) in [5.41, 5.74) is 2.12. The van der Waals surface area contributed by atoms with E-state index in [2.05, 4.69) is 36.2 Å². The standard InChI is InChI=1S/C34H28F3N9O3/c1-19-7-8-25(43-32(48)22-11-23(34(35,36)37)14-26(13-22)45-16-20(2)41-18-45)15-28(19)44-33(49)46-10-9-27-29(39-17-40-30(27)46)42-24-6-4-5-21(12-24)31(47)38-3/h4-18H,1-3H3,(H,38,47)(H,43,48)(H,44,49)(H,39,40,42). The highest BCUT2D eigenvalue weighted by Gasteiger charge is 2.32. The summed E-state index contributed by atoms with van der Waals surface area (Å²) < 4.78 is 43.9. The van der Waals surface area contributed by atoms with Crippen LogP contribution in [0, 0.1) is 13.8 Å². The van der Waals surface area contributed by atoms with E-state index in [1.54, 1.807) is 62.5 Å². The number of fused-ring (bicyclic) bond motifs is 1. The molecule has 3 heterocycles. The number of hydrogen-bond acceptors (Lipinski definition) is 7. The molecule has 0 saturated heterocycles. The van der Waals surface area contributed by atoms with Gasteiger partial charge in [0.15, 0.2) is 5.65 Å². The molecule has 0 aliphatic rings. The molecule has 0 aliphatic heterocycles. The molecule has 6 aromatic rings. The summed E-state index contributed by atoms with van der Waals surface area (Å²) in [6.07, 6.45) is 1.05. The number of aromatic nitrogens is 5. The van der Waals surface area contributed by atoms with Crippen LogP contribution in [0.3, 0.4) is 0 Å². The minimum Gasteiger partial charge on any atom is -0.355 e. The molecule has 0 spiro atoms. The van der Waals surface area contributed by atoms with Gasteiger partial charge in [0.1, 0.15) is 12.1 Å². The molecular weight excluding hydrogens is 639 g/mol. The molecule has 3 aromatic carbocycles. The van der Waals surface area contributed by atoms with E-state index >= 15 is 0 Å². The van der Waals surface area contributed by atoms with Crippen molar-refractivity contribution in [3.63, 3.8) is 0 Å². The molecule has 4 N–H and O–H groups in total. The molecule has 248 valence electrons. The van der Waals surface area contributed by atoms with E-state index in [1.165, 1.54) is 47.2 Å². The summed E-state index contributed by atoms with van der Waals surface area (Å²) in [5, 5.41) is 11.7. The molecule has 49 heavy (non-hydrogen) atoms. The molecule has 6 rings (SSSR count). The van der Waals surface area contributed by atoms with E-state index in [0.717, 1.165) is 12.1 Å². The molecule has 12 nitrogen and oxygen atoms in total. The van der Waals surface area contributed by atoms with Crippen molar-refractivity contribution in [3.05, 3.63) is 120 Å². The van der Waals surface area contributed by atoms with Gasteiger partial charge in [-0.1, -0.05) is 12.1 Å². The molecule has 3 amide bonds. The number of alkyl halides is 3. The van der Waals surface area contributed by atoms with Gasteiger partial charge >= 0.3 is 12.2 Å². The van der Waals surface area contributed by atoms with Crippen molar-refractivity contribution < 1.29 is 27.6 Å². The highest BCUT2D eigenvalue weighted by atomic mass is 19.4. The quantitative estimate of drug-likeness (QED) is 0.148. The number of imidazole rings is 1. The number of amides is 3. The lowest BCUT2D eigenvalue weighted by molar-refractivity contribution is -0.137. The van der Waals surface area contributed by atoms with Crippen molar-refractivity contribution in [2.45, 2.75) is 20.0 Å². The average molecular weight is 668 g/mol. The molecule has 0 atom stereocenters. The van der Waals surface area contributed by atoms with Crippen LogP contribution in [0.15, 0.2) is 91.8 Å². The summed E-state index contributed by atoms with van der Waals surface area (Å²) in [4.78, 5) is 51.4. The van der Waals surface area contributed by atoms with Gasteiger partial charge in [-0.05, 0) is 74.0 Å². The van der Waals surface area contributed by atoms with Crippen LogP contribution in [0.25, 0.3) is 16.7 Å². The average Bonchev–Trinajstić information content (AvgIpc) is 3.72. The predicted octanol–water partition coefficient (Wildman–Crippen LogP) is 6.69. The van der Waals surface area contributed by atoms with Crippen LogP contribution in [0.1, 0.15) is 37.5 Å². The summed E-state index contributed by atoms with van der Waals surface area (Å²) in [6, 6.07) is 15.7. The van der Waals surface area contributed by atoms with Crippen LogP contribution in [-0.4, -0.2) is 49.0 Å². The van der Waals surface area contributed by atoms with Gasteiger partial charge in [-0.2, -0.15) is 13.2 Å². The first-order chi connectivity index (χ1) is 23.4. The van der Waals surface area contributed by atoms with Gasteiger partial charge in [-0.3, -0.25) is 14.2 Å². The van der Waals surface area contributed by atoms with Gasteiger partial charge in [0, 0.05) is 53.3 Å². The number of anilines is 4. The fourth-order valence-electron chi connectivity index (χ4n) is 5.06. The summed E-state index contributed by atoms with van der Waals surface area (Å²) in [6.45, 7) is 3.45. The number of carbonyl (C=O) groups excluding carboxylic acids is 3. The van der Waals surface area contributed by atoms with E-state index < -0.39 is 23.7 Å². The fourth-order valence-corrected chi connectivity index (χ4v) is 5.06. The fraction of sp³-hybridized carbons (Fsp3) is 0.118. The maximum Gasteiger partial charge on any atom is 0.416 e. The summed E-state index contributed by atoms with van der Waals surface area (Å²) in [5.74, 6) is -0.615. The van der Waals surface area contributed by atoms with Crippen molar-refractivity contribution in [3.8, 4) is 5.69 Å². The van der Waals surface area contributed by atoms with Crippen LogP contribution >= 0.6 is 0 Å². The SMILES string of the molecule is CNC(=O)c1cccc(Nc2ncnc3c2ccn3C(=O)Nc2cc(NC(=O)c3cc(-n4cnc(C)c4)cc(C(F)(F)F)c3)ccc2C)c1. The minimum absolute atomic E-state index is 0.121. The Bertz CT molecular complexity index is 2240. The highest BCUT2D eigenvalue weighted by molar-refractivity contribution is 6.06. The Morgan fingerprint density at radius 2 is 1.63 bits per heavy atom. The van der Waals surface area contributed by atoms with E-state index in [4.69, 9.17) is 0 Å². The van der Waals surface area contributed by atoms with Crippen LogP contribution < -0.4 is 21.3 Å². The van der Waals surface area contributed by atoms with Crippen molar-refractivity contribution in [2.75, 3.05) is 23.0 Å². The molecule has 15 heteroatoms. The van der Waals surface area contributed by atoms with E-state index in [9.17, 15) is 27.6 Å². The predicted molar refractivity (Wildman–Crippen MR) is 177 cm³/mol. The van der Waals surface area contributed by atoms with Crippen LogP contribution in [0.2, 0.25) is 0 Å². The summed E-state index contributed by atoms with van der Waals surface area (Å²) >= 11 is 0. The van der Waals surface area contributed by atoms with Gasteiger partial charge < -0.3 is 25.8 Å². The monoisotopic (exact) mass is 667 g/mol. The van der Waals surface area contributed by atoms with Gasteiger partial charge in [0.2, 0.25) is 0 Å². The largest absolute Gasteiger partial charge is 0.416 e. The first-order valence-corrected chi connectivity index (χ1v) is 14.8. The van der Waals surface area contributed by atoms with Crippen LogP contribution in [0.5, 0.6) is 0 Å². The third-order valence-electron chi connectivity index (χ3n) is 7.57. The maximum atomic E-state index is 13.7. The first kappa shape index (κ1) is 32.4. The van der Waals surface area contributed by atoms with Crippen LogP contribution in [0.4, 0.5) is 40.8 Å². The lowest BCUT2D eigenvalue weighted by Crippen LogP contribution is -2.20. The van der Waals surface area contributed by atoms with Crippen molar-refractivity contribution in [2.24, 2.45) is 0 Å². The number of aryl methyl sites for hydroxylation is 2. The number of carbonyl (C=O) groups is 3. The first-order valence-electron chi connectivity index (χ1n) is 14.8. The zero-order valence-electron chi connectivity index (χ0n) is 26.3. The summed E-state index contributed by atoms with van der Waals surface area (Å²) in [7, 11) is 1.54. The van der Waals surface area contributed by atoms with Gasteiger partial charge in [-0.15, -0.1) is 0 Å². The number of benzene rings is 3. The molecule has 0 radical (unpaired) electrons. The Morgan fingerprint density at radius 1 is 0.816 bits per heavy atom. The number of nitrogens with one attached hydrogen (secondary N) is 4. The molecular formula is C34H28F3N9O3. The van der Waals surface area contributed by atoms with Crippen LogP contribution in [-0.2, 0) is 6.18 Å². The minimum atomic E-state index is -4.69. The molecule has 0 saturated carbocycles. The number of hydrogen-bond donors (Lipinski definition) is 4. The molecule has 0 fully saturated rings. The normalized spacial score (nSPS) is 11.3. The van der Waals surface area contributed by atoms with Gasteiger partial charge in [0.05, 0.1) is 23.0 Å². The molecule has 3 aromatic heterocycles. The molecule has 0 aliphatic carbocycles. The second-order valence-electron chi connectivity index (χ2n) is 11.0. The Labute approximate surface area is 277 Å². The van der Waals surface area contributed by atoms with Crippen molar-refractivity contribution in [1.82, 2.24) is 29.4 Å². The second kappa shape index (κ2) is 12.9. The third kappa shape index (κ3) is 6.95. The highest BCUT2D eigenvalue weighted by Crippen LogP contribution is 2.32. The Balaban J connectivity index is 1.22. The van der Waals surface area contributed by atoms with E-state index in [0.29, 0.717) is 45.0 Å². The zero-order valence-corrected chi connectivity index (χ0v) is 26.3. The number of rotatable bonds is 7. The topological polar surface area (TPSA) is 148 Å². The Hall–Kier alpha value is -6.51. The van der Waals surface area contributed by atoms with Crippen molar-refractivity contribution >= 4 is 51.8 Å². The van der Waals surface area contributed by atoms with Crippen molar-refractivity contribution in [1.29, 1.82) is 0 Å². The van der Waals surface area contributed by atoms with Gasteiger partial charge in [-0.25, -0.2) is 19.7 Å². The van der Waals surface area contributed by atoms with Gasteiger partial charge in [0.25, 0.3) is 11.8 Å². The smallest absolute Gasteiger partial charge is 0.355 e. The number of halogens is 3. The maximum absolute atomic E-state index is 13.7. The second-order valence-corrected chi connectivity index (χ2v) is 11.0. The molecule has 0 unspecified atom stereocenters. The lowest BCUT2D eigenvalue weighted by Gasteiger charge is -2.14. The Morgan fingerprint density at radius 3 is 2.37 bits per heavy atom. The molecule has 0 bridgehead atoms. The third-order valence-corrected chi connectivity index (χ3v) is 7.57. The van der Waals surface area contributed by atoms with E-state index in [-0.39, 0.29) is 22.8 Å². The number of nitrogens with zero attached hydrogens (tertiary/aromatic N) is 5. The lowest BCUT2D eigenvalue weighted by atomic mass is 10.1. The zero-order chi connectivity index (χ0) is 34.9. The van der Waals surface area contributed by atoms with E-state index in [1.807, 2.05) is 0 Å². The Kier molecular flexibility index (Phi) is 8.57.